The van der Waals surface area contributed by atoms with Gasteiger partial charge in [0.2, 0.25) is 5.91 Å². The molecule has 2 rings (SSSR count). The van der Waals surface area contributed by atoms with Gasteiger partial charge in [-0.1, -0.05) is 32.4 Å². The molecule has 1 aromatic heterocycles. The Morgan fingerprint density at radius 2 is 2.20 bits per heavy atom. The normalized spacial score (nSPS) is 23.2. The van der Waals surface area contributed by atoms with E-state index in [4.69, 9.17) is 0 Å². The lowest BCUT2D eigenvalue weighted by molar-refractivity contribution is -0.118. The predicted molar refractivity (Wildman–Crippen MR) is 81.3 cm³/mol. The Balaban J connectivity index is 2.06. The lowest BCUT2D eigenvalue weighted by atomic mass is 10.1. The van der Waals surface area contributed by atoms with Crippen LogP contribution in [-0.2, 0) is 11.3 Å². The Hall–Kier alpha value is -1.58. The summed E-state index contributed by atoms with van der Waals surface area (Å²) in [5.41, 5.74) is 1.33. The van der Waals surface area contributed by atoms with Gasteiger partial charge >= 0.3 is 0 Å². The highest BCUT2D eigenvalue weighted by Crippen LogP contribution is 2.59. The lowest BCUT2D eigenvalue weighted by Gasteiger charge is -2.08. The molecule has 1 saturated carbocycles. The summed E-state index contributed by atoms with van der Waals surface area (Å²) in [5, 5.41) is 7.26. The van der Waals surface area contributed by atoms with Crippen LogP contribution in [-0.4, -0.2) is 15.7 Å². The van der Waals surface area contributed by atoms with Gasteiger partial charge in [-0.3, -0.25) is 4.79 Å². The molecule has 4 heteroatoms. The van der Waals surface area contributed by atoms with E-state index in [-0.39, 0.29) is 17.2 Å². The van der Waals surface area contributed by atoms with Crippen LogP contribution in [0.3, 0.4) is 0 Å². The van der Waals surface area contributed by atoms with Gasteiger partial charge in [0.25, 0.3) is 0 Å². The molecule has 2 unspecified atom stereocenters. The van der Waals surface area contributed by atoms with Crippen molar-refractivity contribution in [3.05, 3.63) is 23.9 Å². The molecule has 4 nitrogen and oxygen atoms in total. The first-order valence-electron chi connectivity index (χ1n) is 7.35. The van der Waals surface area contributed by atoms with Gasteiger partial charge in [-0.15, -0.1) is 0 Å². The number of nitrogens with zero attached hydrogens (tertiary/aromatic N) is 2. The number of allylic oxidation sites excluding steroid dienone is 2. The van der Waals surface area contributed by atoms with Crippen LogP contribution in [0, 0.1) is 17.3 Å². The van der Waals surface area contributed by atoms with Crippen molar-refractivity contribution >= 4 is 11.7 Å². The summed E-state index contributed by atoms with van der Waals surface area (Å²) < 4.78 is 1.85. The molecule has 1 N–H and O–H groups in total. The molecule has 0 aliphatic heterocycles. The zero-order valence-electron chi connectivity index (χ0n) is 13.1. The molecule has 1 aliphatic carbocycles. The largest absolute Gasteiger partial charge is 0.311 e. The summed E-state index contributed by atoms with van der Waals surface area (Å²) in [4.78, 5) is 12.5. The van der Waals surface area contributed by atoms with Gasteiger partial charge in [-0.2, -0.15) is 5.10 Å². The highest BCUT2D eigenvalue weighted by molar-refractivity contribution is 5.95. The number of carbonyl (C=O) groups excluding carboxylic acids is 1. The first-order chi connectivity index (χ1) is 9.37. The van der Waals surface area contributed by atoms with E-state index in [0.29, 0.717) is 5.92 Å². The minimum absolute atomic E-state index is 0.0525. The van der Waals surface area contributed by atoms with Crippen LogP contribution in [0.5, 0.6) is 0 Å². The highest BCUT2D eigenvalue weighted by atomic mass is 16.2. The summed E-state index contributed by atoms with van der Waals surface area (Å²) in [6.45, 7) is 11.4. The SMILES string of the molecule is CCCn1nccc1NC(=O)C1C(C=C(C)C)C1(C)C. The first-order valence-corrected chi connectivity index (χ1v) is 7.35. The topological polar surface area (TPSA) is 46.9 Å². The molecule has 0 bridgehead atoms. The molecule has 1 aliphatic rings. The van der Waals surface area contributed by atoms with Crippen molar-refractivity contribution in [1.82, 2.24) is 9.78 Å². The number of hydrogen-bond donors (Lipinski definition) is 1. The second-order valence-corrected chi connectivity index (χ2v) is 6.50. The molecule has 2 atom stereocenters. The van der Waals surface area contributed by atoms with Gasteiger partial charge in [0.15, 0.2) is 0 Å². The van der Waals surface area contributed by atoms with Crippen LogP contribution in [0.25, 0.3) is 0 Å². The monoisotopic (exact) mass is 275 g/mol. The van der Waals surface area contributed by atoms with E-state index in [0.717, 1.165) is 18.8 Å². The van der Waals surface area contributed by atoms with Crippen molar-refractivity contribution in [2.24, 2.45) is 17.3 Å². The minimum Gasteiger partial charge on any atom is -0.311 e. The number of carbonyl (C=O) groups is 1. The van der Waals surface area contributed by atoms with Crippen molar-refractivity contribution in [1.29, 1.82) is 0 Å². The molecule has 0 radical (unpaired) electrons. The molecule has 1 amide bonds. The molecule has 20 heavy (non-hydrogen) atoms. The van der Waals surface area contributed by atoms with E-state index in [1.54, 1.807) is 6.20 Å². The van der Waals surface area contributed by atoms with Crippen LogP contribution in [0.2, 0.25) is 0 Å². The van der Waals surface area contributed by atoms with Crippen molar-refractivity contribution in [2.45, 2.75) is 47.6 Å². The molecule has 110 valence electrons. The number of anilines is 1. The van der Waals surface area contributed by atoms with Gasteiger partial charge < -0.3 is 5.32 Å². The Bertz CT molecular complexity index is 524. The van der Waals surface area contributed by atoms with Crippen LogP contribution in [0.15, 0.2) is 23.9 Å². The Morgan fingerprint density at radius 1 is 1.50 bits per heavy atom. The first kappa shape index (κ1) is 14.8. The Labute approximate surface area is 121 Å². The molecule has 1 heterocycles. The number of aryl methyl sites for hydroxylation is 1. The fraction of sp³-hybridized carbons (Fsp3) is 0.625. The number of hydrogen-bond acceptors (Lipinski definition) is 2. The van der Waals surface area contributed by atoms with Crippen molar-refractivity contribution < 1.29 is 4.79 Å². The van der Waals surface area contributed by atoms with Gasteiger partial charge in [0.1, 0.15) is 5.82 Å². The quantitative estimate of drug-likeness (QED) is 0.836. The summed E-state index contributed by atoms with van der Waals surface area (Å²) in [5.74, 6) is 1.31. The smallest absolute Gasteiger partial charge is 0.229 e. The third-order valence-electron chi connectivity index (χ3n) is 4.11. The second-order valence-electron chi connectivity index (χ2n) is 6.50. The standard InChI is InChI=1S/C16H25N3O/c1-6-9-19-13(7-8-17-19)18-15(20)14-12(10-11(2)3)16(14,4)5/h7-8,10,12,14H,6,9H2,1-5H3,(H,18,20). The fourth-order valence-electron chi connectivity index (χ4n) is 2.88. The summed E-state index contributed by atoms with van der Waals surface area (Å²) in [6.07, 6.45) is 4.95. The molecule has 1 aromatic rings. The van der Waals surface area contributed by atoms with E-state index in [1.807, 2.05) is 10.7 Å². The van der Waals surface area contributed by atoms with Gasteiger partial charge in [-0.05, 0) is 31.6 Å². The van der Waals surface area contributed by atoms with E-state index >= 15 is 0 Å². The second kappa shape index (κ2) is 5.43. The van der Waals surface area contributed by atoms with Crippen LogP contribution in [0.1, 0.15) is 41.0 Å². The summed E-state index contributed by atoms with van der Waals surface area (Å²) >= 11 is 0. The number of nitrogens with one attached hydrogen (secondary N) is 1. The van der Waals surface area contributed by atoms with Crippen LogP contribution in [0.4, 0.5) is 5.82 Å². The maximum absolute atomic E-state index is 12.5. The minimum atomic E-state index is 0.0525. The summed E-state index contributed by atoms with van der Waals surface area (Å²) in [7, 11) is 0. The van der Waals surface area contributed by atoms with E-state index in [9.17, 15) is 4.79 Å². The molecule has 0 spiro atoms. The van der Waals surface area contributed by atoms with Crippen molar-refractivity contribution in [2.75, 3.05) is 5.32 Å². The average molecular weight is 275 g/mol. The van der Waals surface area contributed by atoms with E-state index in [1.165, 1.54) is 5.57 Å². The van der Waals surface area contributed by atoms with E-state index < -0.39 is 0 Å². The lowest BCUT2D eigenvalue weighted by Crippen LogP contribution is -2.19. The Morgan fingerprint density at radius 3 is 2.80 bits per heavy atom. The van der Waals surface area contributed by atoms with E-state index in [2.05, 4.69) is 51.1 Å². The van der Waals surface area contributed by atoms with Gasteiger partial charge in [0.05, 0.1) is 12.1 Å². The fourth-order valence-corrected chi connectivity index (χ4v) is 2.88. The van der Waals surface area contributed by atoms with Gasteiger partial charge in [0, 0.05) is 12.6 Å². The number of aromatic nitrogens is 2. The number of amides is 1. The average Bonchev–Trinajstić information content (AvgIpc) is 2.69. The zero-order valence-corrected chi connectivity index (χ0v) is 13.1. The van der Waals surface area contributed by atoms with Crippen LogP contribution < -0.4 is 5.32 Å². The maximum atomic E-state index is 12.5. The summed E-state index contributed by atoms with van der Waals surface area (Å²) in [6, 6.07) is 1.86. The molecular formula is C16H25N3O. The highest BCUT2D eigenvalue weighted by Gasteiger charge is 2.60. The molecule has 0 aromatic carbocycles. The molecule has 1 fully saturated rings. The number of rotatable bonds is 5. The van der Waals surface area contributed by atoms with Crippen molar-refractivity contribution in [3.63, 3.8) is 0 Å². The zero-order chi connectivity index (χ0) is 14.9. The predicted octanol–water partition coefficient (Wildman–Crippen LogP) is 3.47. The third-order valence-corrected chi connectivity index (χ3v) is 4.11. The maximum Gasteiger partial charge on any atom is 0.229 e. The van der Waals surface area contributed by atoms with Gasteiger partial charge in [-0.25, -0.2) is 4.68 Å². The third kappa shape index (κ3) is 2.79. The molecule has 0 saturated heterocycles. The molecular weight excluding hydrogens is 250 g/mol. The Kier molecular flexibility index (Phi) is 4.02. The van der Waals surface area contributed by atoms with Crippen molar-refractivity contribution in [3.8, 4) is 0 Å². The van der Waals surface area contributed by atoms with Crippen LogP contribution >= 0.6 is 0 Å².